The van der Waals surface area contributed by atoms with Crippen LogP contribution in [-0.4, -0.2) is 83.3 Å². The molecule has 2 fully saturated rings. The van der Waals surface area contributed by atoms with Crippen molar-refractivity contribution >= 4 is 28.6 Å². The summed E-state index contributed by atoms with van der Waals surface area (Å²) < 4.78 is 21.8. The molecule has 3 atom stereocenters. The molecule has 1 aromatic carbocycles. The van der Waals surface area contributed by atoms with Crippen molar-refractivity contribution in [2.45, 2.75) is 45.7 Å². The third kappa shape index (κ3) is 5.61. The molecule has 0 radical (unpaired) electrons. The molecule has 1 aliphatic carbocycles. The lowest BCUT2D eigenvalue weighted by atomic mass is 10.1. The predicted octanol–water partition coefficient (Wildman–Crippen LogP) is 3.94. The largest absolute Gasteiger partial charge is 0.495 e. The molecular weight excluding hydrogens is 572 g/mol. The lowest BCUT2D eigenvalue weighted by Gasteiger charge is -2.35. The summed E-state index contributed by atoms with van der Waals surface area (Å²) >= 11 is 0. The van der Waals surface area contributed by atoms with E-state index in [2.05, 4.69) is 31.3 Å². The van der Waals surface area contributed by atoms with Crippen molar-refractivity contribution in [3.05, 3.63) is 41.2 Å². The Morgan fingerprint density at radius 2 is 1.91 bits per heavy atom. The highest BCUT2D eigenvalue weighted by Crippen LogP contribution is 2.39. The van der Waals surface area contributed by atoms with Crippen molar-refractivity contribution in [2.75, 3.05) is 57.3 Å². The van der Waals surface area contributed by atoms with Crippen molar-refractivity contribution in [3.63, 3.8) is 0 Å². The fourth-order valence-corrected chi connectivity index (χ4v) is 7.34. The predicted molar refractivity (Wildman–Crippen MR) is 172 cm³/mol. The number of pyridine rings is 1. The van der Waals surface area contributed by atoms with Crippen molar-refractivity contribution in [2.24, 2.45) is 18.9 Å². The van der Waals surface area contributed by atoms with Crippen molar-refractivity contribution < 1.29 is 19.0 Å². The highest BCUT2D eigenvalue weighted by molar-refractivity contribution is 6.05. The topological polar surface area (TPSA) is 121 Å². The summed E-state index contributed by atoms with van der Waals surface area (Å²) in [7, 11) is 5.33. The second-order valence-corrected chi connectivity index (χ2v) is 12.7. The molecule has 2 N–H and O–H groups in total. The Labute approximate surface area is 263 Å². The molecule has 12 nitrogen and oxygen atoms in total. The third-order valence-corrected chi connectivity index (χ3v) is 9.43. The van der Waals surface area contributed by atoms with Gasteiger partial charge in [-0.1, -0.05) is 0 Å². The van der Waals surface area contributed by atoms with Crippen LogP contribution in [0.2, 0.25) is 0 Å². The van der Waals surface area contributed by atoms with Gasteiger partial charge >= 0.3 is 0 Å². The lowest BCUT2D eigenvalue weighted by molar-refractivity contribution is 0.102. The molecule has 5 heterocycles. The number of piperazine rings is 1. The van der Waals surface area contributed by atoms with Crippen LogP contribution in [-0.2, 0) is 18.3 Å². The minimum atomic E-state index is -0.238. The van der Waals surface area contributed by atoms with Gasteiger partial charge in [-0.2, -0.15) is 5.10 Å². The van der Waals surface area contributed by atoms with Gasteiger partial charge in [0.15, 0.2) is 0 Å². The number of aryl methyl sites for hydroxylation is 3. The van der Waals surface area contributed by atoms with Gasteiger partial charge in [-0.25, -0.2) is 9.67 Å². The van der Waals surface area contributed by atoms with Crippen LogP contribution >= 0.6 is 0 Å². The normalized spacial score (nSPS) is 21.8. The average molecular weight is 615 g/mol. The number of carbonyl (C=O) groups is 1. The number of fused-ring (bicyclic) bond motifs is 9. The molecule has 3 aromatic heterocycles. The standard InChI is InChI=1S/C33H42N8O4/c1-19-10-23-12-26(35-19)30-20(2)38-39(3)32(30)45-17-22-7-6-21(11-22)15-41-27-14-28(40-9-8-34-24(16-40)18-43-4)29(44-5)13-25(27)36-33(41)37-31(23)42/h10,12-14,21-22,24,34H,6-9,11,15-18H2,1-5H3,(H,36,37,42)/t21-,22+,24+/m1/s1. The number of hydrogen-bond donors (Lipinski definition) is 2. The molecule has 4 bridgehead atoms. The van der Waals surface area contributed by atoms with Crippen molar-refractivity contribution in [1.29, 1.82) is 0 Å². The van der Waals surface area contributed by atoms with E-state index in [9.17, 15) is 4.79 Å². The molecule has 0 unspecified atom stereocenters. The maximum absolute atomic E-state index is 13.9. The smallest absolute Gasteiger partial charge is 0.258 e. The van der Waals surface area contributed by atoms with Crippen LogP contribution in [0.15, 0.2) is 24.3 Å². The van der Waals surface area contributed by atoms with E-state index in [1.165, 1.54) is 0 Å². The number of rotatable bonds is 4. The second kappa shape index (κ2) is 12.0. The summed E-state index contributed by atoms with van der Waals surface area (Å²) in [4.78, 5) is 26.0. The summed E-state index contributed by atoms with van der Waals surface area (Å²) in [6.45, 7) is 8.36. The Kier molecular flexibility index (Phi) is 7.86. The zero-order chi connectivity index (χ0) is 31.2. The van der Waals surface area contributed by atoms with E-state index in [1.807, 2.05) is 33.0 Å². The summed E-state index contributed by atoms with van der Waals surface area (Å²) in [5.74, 6) is 2.60. The van der Waals surface area contributed by atoms with Crippen molar-refractivity contribution in [3.8, 4) is 22.9 Å². The first kappa shape index (κ1) is 29.5. The summed E-state index contributed by atoms with van der Waals surface area (Å²) in [6.07, 6.45) is 3.19. The van der Waals surface area contributed by atoms with E-state index in [4.69, 9.17) is 24.2 Å². The van der Waals surface area contributed by atoms with Gasteiger partial charge in [0, 0.05) is 63.7 Å². The monoisotopic (exact) mass is 614 g/mol. The molecule has 1 saturated heterocycles. The molecule has 1 amide bonds. The van der Waals surface area contributed by atoms with Gasteiger partial charge in [0.2, 0.25) is 11.8 Å². The summed E-state index contributed by atoms with van der Waals surface area (Å²) in [6, 6.07) is 8.02. The van der Waals surface area contributed by atoms with E-state index in [-0.39, 0.29) is 11.9 Å². The Bertz CT molecular complexity index is 1740. The Morgan fingerprint density at radius 1 is 1.07 bits per heavy atom. The van der Waals surface area contributed by atoms with Gasteiger partial charge < -0.3 is 29.0 Å². The number of hydrogen-bond acceptors (Lipinski definition) is 9. The number of nitrogens with zero attached hydrogens (tertiary/aromatic N) is 6. The van der Waals surface area contributed by atoms with Crippen LogP contribution in [0.5, 0.6) is 11.6 Å². The summed E-state index contributed by atoms with van der Waals surface area (Å²) in [5.41, 5.74) is 6.34. The summed E-state index contributed by atoms with van der Waals surface area (Å²) in [5, 5.41) is 11.3. The lowest BCUT2D eigenvalue weighted by Crippen LogP contribution is -2.52. The molecule has 12 heteroatoms. The van der Waals surface area contributed by atoms with E-state index in [0.717, 1.165) is 84.9 Å². The van der Waals surface area contributed by atoms with Crippen LogP contribution in [0.25, 0.3) is 22.3 Å². The van der Waals surface area contributed by atoms with E-state index < -0.39 is 0 Å². The highest BCUT2D eigenvalue weighted by Gasteiger charge is 2.30. The Balaban J connectivity index is 1.32. The van der Waals surface area contributed by atoms with Crippen molar-refractivity contribution in [1.82, 2.24) is 29.6 Å². The number of amides is 1. The van der Waals surface area contributed by atoms with Crippen LogP contribution < -0.4 is 25.0 Å². The maximum Gasteiger partial charge on any atom is 0.258 e. The van der Waals surface area contributed by atoms with Gasteiger partial charge in [0.05, 0.1) is 54.0 Å². The number of anilines is 2. The van der Waals surface area contributed by atoms with Crippen LogP contribution in [0.1, 0.15) is 41.0 Å². The number of benzene rings is 1. The first-order valence-electron chi connectivity index (χ1n) is 15.8. The van der Waals surface area contributed by atoms with Gasteiger partial charge in [-0.15, -0.1) is 0 Å². The zero-order valence-electron chi connectivity index (χ0n) is 26.7. The highest BCUT2D eigenvalue weighted by atomic mass is 16.5. The number of imidazole rings is 1. The second-order valence-electron chi connectivity index (χ2n) is 12.7. The molecule has 1 saturated carbocycles. The van der Waals surface area contributed by atoms with E-state index in [1.54, 1.807) is 25.0 Å². The number of ether oxygens (including phenoxy) is 3. The average Bonchev–Trinajstić information content (AvgIpc) is 3.69. The molecular formula is C33H42N8O4. The maximum atomic E-state index is 13.9. The number of carbonyl (C=O) groups excluding carboxylic acids is 1. The van der Waals surface area contributed by atoms with E-state index >= 15 is 0 Å². The molecule has 238 valence electrons. The van der Waals surface area contributed by atoms with Gasteiger partial charge in [-0.05, 0) is 63.1 Å². The molecule has 2 aliphatic heterocycles. The minimum absolute atomic E-state index is 0.226. The van der Waals surface area contributed by atoms with Gasteiger partial charge in [0.1, 0.15) is 5.75 Å². The van der Waals surface area contributed by atoms with Crippen LogP contribution in [0.4, 0.5) is 11.6 Å². The SMILES string of the molecule is COC[C@@H]1CN(c2cc3c(cc2OC)nc2n3C[C@@H]3CC[C@H](COc4c(c(C)nn4C)-c4cc(cc(C)n4)C(=O)N2)C3)CCN1. The fraction of sp³-hybridized carbons (Fsp3) is 0.515. The zero-order valence-corrected chi connectivity index (χ0v) is 26.7. The third-order valence-electron chi connectivity index (χ3n) is 9.43. The number of aromatic nitrogens is 5. The molecule has 3 aliphatic rings. The Hall–Kier alpha value is -4.16. The first-order valence-corrected chi connectivity index (χ1v) is 15.8. The minimum Gasteiger partial charge on any atom is -0.495 e. The molecule has 0 spiro atoms. The van der Waals surface area contributed by atoms with Gasteiger partial charge in [-0.3, -0.25) is 15.1 Å². The molecule has 4 aromatic rings. The molecule has 45 heavy (non-hydrogen) atoms. The van der Waals surface area contributed by atoms with E-state index in [0.29, 0.717) is 48.1 Å². The van der Waals surface area contributed by atoms with Crippen LogP contribution in [0, 0.1) is 25.7 Å². The number of methoxy groups -OCH3 is 2. The number of nitrogens with one attached hydrogen (secondary N) is 2. The fourth-order valence-electron chi connectivity index (χ4n) is 7.34. The first-order chi connectivity index (χ1) is 21.8. The van der Waals surface area contributed by atoms with Gasteiger partial charge in [0.25, 0.3) is 5.91 Å². The molecule has 7 rings (SSSR count). The Morgan fingerprint density at radius 3 is 2.73 bits per heavy atom. The quantitative estimate of drug-likeness (QED) is 0.352. The van der Waals surface area contributed by atoms with Crippen LogP contribution in [0.3, 0.4) is 0 Å².